The van der Waals surface area contributed by atoms with Crippen molar-refractivity contribution in [1.29, 1.82) is 0 Å². The van der Waals surface area contributed by atoms with Crippen LogP contribution in [-0.2, 0) is 6.42 Å². The molecule has 0 radical (unpaired) electrons. The molecular weight excluding hydrogens is 334 g/mol. The van der Waals surface area contributed by atoms with Crippen LogP contribution in [0.4, 0.5) is 5.95 Å². The smallest absolute Gasteiger partial charge is 0.258 e. The molecule has 26 heavy (non-hydrogen) atoms. The van der Waals surface area contributed by atoms with Gasteiger partial charge in [-0.15, -0.1) is 0 Å². The van der Waals surface area contributed by atoms with Gasteiger partial charge in [-0.25, -0.2) is 9.97 Å². The minimum absolute atomic E-state index is 0.0892. The Labute approximate surface area is 149 Å². The Kier molecular flexibility index (Phi) is 3.61. The van der Waals surface area contributed by atoms with E-state index < -0.39 is 0 Å². The van der Waals surface area contributed by atoms with Gasteiger partial charge in [-0.1, -0.05) is 0 Å². The molecule has 3 aromatic rings. The maximum absolute atomic E-state index is 12.9. The second-order valence-electron chi connectivity index (χ2n) is 6.30. The molecule has 1 atom stereocenters. The summed E-state index contributed by atoms with van der Waals surface area (Å²) in [4.78, 5) is 23.1. The minimum atomic E-state index is -0.292. The molecule has 1 unspecified atom stereocenters. The summed E-state index contributed by atoms with van der Waals surface area (Å²) >= 11 is 0. The Morgan fingerprint density at radius 1 is 1.27 bits per heavy atom. The summed E-state index contributed by atoms with van der Waals surface area (Å²) in [6.07, 6.45) is 3.37. The van der Waals surface area contributed by atoms with Crippen molar-refractivity contribution in [3.63, 3.8) is 0 Å². The number of nitrogens with zero attached hydrogens (tertiary/aromatic N) is 4. The van der Waals surface area contributed by atoms with Crippen LogP contribution in [0.2, 0.25) is 0 Å². The molecule has 8 nitrogen and oxygen atoms in total. The maximum Gasteiger partial charge on any atom is 0.258 e. The van der Waals surface area contributed by atoms with Crippen LogP contribution in [0.3, 0.4) is 0 Å². The first-order valence-electron chi connectivity index (χ1n) is 8.13. The summed E-state index contributed by atoms with van der Waals surface area (Å²) in [6.45, 7) is 1.82. The number of nitrogens with two attached hydrogens (primary N) is 1. The fourth-order valence-corrected chi connectivity index (χ4v) is 3.23. The SMILES string of the molecule is Cc1ccc(-c2nc(N)nc3c2C(=O)N(C)C3Cc2cc[n+]([O-])cc2)o1. The van der Waals surface area contributed by atoms with Crippen molar-refractivity contribution in [2.45, 2.75) is 19.4 Å². The van der Waals surface area contributed by atoms with Gasteiger partial charge >= 0.3 is 0 Å². The van der Waals surface area contributed by atoms with E-state index in [0.29, 0.717) is 29.1 Å². The summed E-state index contributed by atoms with van der Waals surface area (Å²) in [5.74, 6) is 1.12. The van der Waals surface area contributed by atoms with Crippen molar-refractivity contribution in [3.05, 3.63) is 64.4 Å². The van der Waals surface area contributed by atoms with Gasteiger partial charge in [0.25, 0.3) is 5.91 Å². The largest absolute Gasteiger partial charge is 0.619 e. The molecule has 2 N–H and O–H groups in total. The highest BCUT2D eigenvalue weighted by Gasteiger charge is 2.39. The van der Waals surface area contributed by atoms with Crippen molar-refractivity contribution < 1.29 is 13.9 Å². The number of fused-ring (bicyclic) bond motifs is 1. The predicted octanol–water partition coefficient (Wildman–Crippen LogP) is 1.63. The number of pyridine rings is 1. The zero-order valence-electron chi connectivity index (χ0n) is 14.3. The standard InChI is InChI=1S/C18H17N5O3/c1-10-3-4-13(26-10)16-14-15(20-18(19)21-16)12(22(2)17(14)24)9-11-5-7-23(25)8-6-11/h3-8,12H,9H2,1-2H3,(H2,19,20,21). The summed E-state index contributed by atoms with van der Waals surface area (Å²) in [5, 5.41) is 11.2. The van der Waals surface area contributed by atoms with E-state index in [1.54, 1.807) is 30.1 Å². The number of amides is 1. The van der Waals surface area contributed by atoms with E-state index in [-0.39, 0.29) is 17.9 Å². The van der Waals surface area contributed by atoms with Crippen LogP contribution in [0.5, 0.6) is 0 Å². The minimum Gasteiger partial charge on any atom is -0.619 e. The zero-order chi connectivity index (χ0) is 18.4. The van der Waals surface area contributed by atoms with Gasteiger partial charge < -0.3 is 20.3 Å². The monoisotopic (exact) mass is 351 g/mol. The highest BCUT2D eigenvalue weighted by atomic mass is 16.5. The lowest BCUT2D eigenvalue weighted by atomic mass is 10.0. The predicted molar refractivity (Wildman–Crippen MR) is 92.8 cm³/mol. The molecule has 0 fully saturated rings. The molecule has 0 bridgehead atoms. The van der Waals surface area contributed by atoms with Gasteiger partial charge in [0.15, 0.2) is 18.2 Å². The molecule has 4 rings (SSSR count). The third-order valence-corrected chi connectivity index (χ3v) is 4.55. The van der Waals surface area contributed by atoms with E-state index in [9.17, 15) is 10.0 Å². The second-order valence-corrected chi connectivity index (χ2v) is 6.30. The summed E-state index contributed by atoms with van der Waals surface area (Å²) in [5.41, 5.74) is 8.22. The highest BCUT2D eigenvalue weighted by molar-refractivity contribution is 6.03. The van der Waals surface area contributed by atoms with Crippen LogP contribution < -0.4 is 10.5 Å². The van der Waals surface area contributed by atoms with Crippen LogP contribution >= 0.6 is 0 Å². The van der Waals surface area contributed by atoms with Gasteiger partial charge in [0.1, 0.15) is 11.5 Å². The number of likely N-dealkylation sites (N-methyl/N-ethyl adjacent to an activating group) is 1. The maximum atomic E-state index is 12.9. The Hall–Kier alpha value is -3.42. The first-order valence-corrected chi connectivity index (χ1v) is 8.13. The van der Waals surface area contributed by atoms with Crippen molar-refractivity contribution in [2.75, 3.05) is 12.8 Å². The number of aromatic nitrogens is 3. The van der Waals surface area contributed by atoms with E-state index in [4.69, 9.17) is 10.2 Å². The van der Waals surface area contributed by atoms with Gasteiger partial charge in [0.2, 0.25) is 5.95 Å². The van der Waals surface area contributed by atoms with Crippen molar-refractivity contribution >= 4 is 11.9 Å². The molecule has 1 aliphatic rings. The van der Waals surface area contributed by atoms with Gasteiger partial charge in [-0.2, -0.15) is 4.73 Å². The normalized spacial score (nSPS) is 16.2. The topological polar surface area (TPSA) is 112 Å². The molecule has 1 amide bonds. The summed E-state index contributed by atoms with van der Waals surface area (Å²) in [7, 11) is 1.72. The van der Waals surface area contributed by atoms with Crippen LogP contribution in [0.1, 0.15) is 33.4 Å². The number of hydrogen-bond donors (Lipinski definition) is 1. The molecular formula is C18H17N5O3. The van der Waals surface area contributed by atoms with Crippen LogP contribution in [-0.4, -0.2) is 27.8 Å². The molecule has 0 spiro atoms. The van der Waals surface area contributed by atoms with Gasteiger partial charge in [-0.3, -0.25) is 4.79 Å². The third kappa shape index (κ3) is 2.55. The van der Waals surface area contributed by atoms with Gasteiger partial charge in [-0.05, 0) is 31.0 Å². The molecule has 4 heterocycles. The molecule has 8 heteroatoms. The van der Waals surface area contributed by atoms with Crippen molar-refractivity contribution in [2.24, 2.45) is 0 Å². The Morgan fingerprint density at radius 2 is 2.00 bits per heavy atom. The number of carbonyl (C=O) groups excluding carboxylic acids is 1. The lowest BCUT2D eigenvalue weighted by Gasteiger charge is -2.19. The number of aryl methyl sites for hydroxylation is 1. The number of rotatable bonds is 3. The quantitative estimate of drug-likeness (QED) is 0.567. The number of nitrogen functional groups attached to an aromatic ring is 1. The summed E-state index contributed by atoms with van der Waals surface area (Å²) in [6, 6.07) is 6.74. The Balaban J connectivity index is 1.81. The molecule has 1 aliphatic heterocycles. The molecule has 0 saturated heterocycles. The van der Waals surface area contributed by atoms with Crippen molar-refractivity contribution in [1.82, 2.24) is 14.9 Å². The Bertz CT molecular complexity index is 997. The number of anilines is 1. The average Bonchev–Trinajstić information content (AvgIpc) is 3.14. The molecule has 0 aliphatic carbocycles. The highest BCUT2D eigenvalue weighted by Crippen LogP contribution is 2.38. The number of hydrogen-bond acceptors (Lipinski definition) is 6. The molecule has 3 aromatic heterocycles. The van der Waals surface area contributed by atoms with E-state index >= 15 is 0 Å². The number of carbonyl (C=O) groups is 1. The molecule has 0 saturated carbocycles. The van der Waals surface area contributed by atoms with Crippen LogP contribution in [0, 0.1) is 12.1 Å². The van der Waals surface area contributed by atoms with Gasteiger partial charge in [0.05, 0.1) is 17.3 Å². The summed E-state index contributed by atoms with van der Waals surface area (Å²) < 4.78 is 6.37. The fraction of sp³-hybridized carbons (Fsp3) is 0.222. The Morgan fingerprint density at radius 3 is 2.65 bits per heavy atom. The molecule has 0 aromatic carbocycles. The van der Waals surface area contributed by atoms with Gasteiger partial charge in [0, 0.05) is 19.2 Å². The number of furan rings is 1. The molecule has 132 valence electrons. The van der Waals surface area contributed by atoms with Crippen LogP contribution in [0.25, 0.3) is 11.5 Å². The van der Waals surface area contributed by atoms with E-state index in [1.807, 2.05) is 13.0 Å². The average molecular weight is 351 g/mol. The second kappa shape index (κ2) is 5.83. The zero-order valence-corrected chi connectivity index (χ0v) is 14.3. The van der Waals surface area contributed by atoms with E-state index in [2.05, 4.69) is 9.97 Å². The van der Waals surface area contributed by atoms with Crippen molar-refractivity contribution in [3.8, 4) is 11.5 Å². The van der Waals surface area contributed by atoms with E-state index in [0.717, 1.165) is 16.1 Å². The third-order valence-electron chi connectivity index (χ3n) is 4.55. The fourth-order valence-electron chi connectivity index (χ4n) is 3.23. The lowest BCUT2D eigenvalue weighted by Crippen LogP contribution is -2.26. The lowest BCUT2D eigenvalue weighted by molar-refractivity contribution is -0.605. The first-order chi connectivity index (χ1) is 12.4. The van der Waals surface area contributed by atoms with E-state index in [1.165, 1.54) is 12.4 Å². The van der Waals surface area contributed by atoms with Crippen LogP contribution in [0.15, 0.2) is 41.1 Å². The first kappa shape index (κ1) is 16.1.